The molecule has 2 heterocycles. The van der Waals surface area contributed by atoms with Crippen LogP contribution in [0.5, 0.6) is 0 Å². The van der Waals surface area contributed by atoms with E-state index in [9.17, 15) is 4.79 Å². The number of rotatable bonds is 7. The Labute approximate surface area is 202 Å². The topological polar surface area (TPSA) is 67.6 Å². The normalized spacial score (nSPS) is 14.5. The van der Waals surface area contributed by atoms with Crippen molar-refractivity contribution < 1.29 is 14.1 Å². The number of amides is 1. The first kappa shape index (κ1) is 24.2. The maximum Gasteiger partial charge on any atom is 0.274 e. The van der Waals surface area contributed by atoms with Gasteiger partial charge in [0.1, 0.15) is 0 Å². The quantitative estimate of drug-likeness (QED) is 0.515. The second-order valence-corrected chi connectivity index (χ2v) is 9.36. The number of hydrogen-bond acceptors (Lipinski definition) is 5. The molecule has 6 nitrogen and oxygen atoms in total. The molecule has 6 heteroatoms. The van der Waals surface area contributed by atoms with E-state index in [4.69, 9.17) is 9.26 Å². The lowest BCUT2D eigenvalue weighted by Crippen LogP contribution is -2.35. The highest BCUT2D eigenvalue weighted by Gasteiger charge is 2.26. The number of hydrogen-bond donors (Lipinski definition) is 1. The van der Waals surface area contributed by atoms with Crippen molar-refractivity contribution in [2.24, 2.45) is 0 Å². The third-order valence-corrected chi connectivity index (χ3v) is 6.48. The first-order chi connectivity index (χ1) is 16.4. The fourth-order valence-corrected chi connectivity index (χ4v) is 4.67. The van der Waals surface area contributed by atoms with E-state index in [0.29, 0.717) is 23.9 Å². The maximum absolute atomic E-state index is 12.9. The Kier molecular flexibility index (Phi) is 7.49. The summed E-state index contributed by atoms with van der Waals surface area (Å²) in [6, 6.07) is 12.8. The van der Waals surface area contributed by atoms with Gasteiger partial charge < -0.3 is 14.6 Å². The summed E-state index contributed by atoms with van der Waals surface area (Å²) in [6.45, 7) is 15.4. The zero-order valence-corrected chi connectivity index (χ0v) is 20.9. The second kappa shape index (κ2) is 10.5. The Morgan fingerprint density at radius 1 is 1.09 bits per heavy atom. The first-order valence-corrected chi connectivity index (χ1v) is 12.2. The molecule has 1 aliphatic rings. The molecule has 0 unspecified atom stereocenters. The fourth-order valence-electron chi connectivity index (χ4n) is 4.67. The number of morpholine rings is 1. The molecule has 1 aliphatic heterocycles. The van der Waals surface area contributed by atoms with Gasteiger partial charge in [-0.15, -0.1) is 0 Å². The van der Waals surface area contributed by atoms with Gasteiger partial charge in [-0.2, -0.15) is 0 Å². The van der Waals surface area contributed by atoms with Gasteiger partial charge in [-0.25, -0.2) is 0 Å². The second-order valence-electron chi connectivity index (χ2n) is 9.36. The summed E-state index contributed by atoms with van der Waals surface area (Å²) in [7, 11) is 0. The molecule has 0 atom stereocenters. The van der Waals surface area contributed by atoms with Crippen LogP contribution in [0.25, 0.3) is 22.5 Å². The van der Waals surface area contributed by atoms with Crippen LogP contribution in [0.2, 0.25) is 0 Å². The lowest BCUT2D eigenvalue weighted by atomic mass is 9.90. The Morgan fingerprint density at radius 2 is 1.79 bits per heavy atom. The molecule has 180 valence electrons. The molecule has 0 radical (unpaired) electrons. The van der Waals surface area contributed by atoms with Crippen LogP contribution < -0.4 is 5.32 Å². The average molecular weight is 462 g/mol. The van der Waals surface area contributed by atoms with Crippen LogP contribution >= 0.6 is 0 Å². The lowest BCUT2D eigenvalue weighted by Gasteiger charge is -2.26. The van der Waals surface area contributed by atoms with Crippen LogP contribution in [0.3, 0.4) is 0 Å². The summed E-state index contributed by atoms with van der Waals surface area (Å²) in [5.74, 6) is 0.799. The van der Waals surface area contributed by atoms with E-state index in [0.717, 1.165) is 55.1 Å². The molecule has 1 fully saturated rings. The van der Waals surface area contributed by atoms with Gasteiger partial charge >= 0.3 is 0 Å². The maximum atomic E-state index is 12.9. The molecule has 0 aliphatic carbocycles. The van der Waals surface area contributed by atoms with Crippen LogP contribution in [0.1, 0.15) is 59.4 Å². The largest absolute Gasteiger partial charge is 0.379 e. The zero-order chi connectivity index (χ0) is 24.2. The number of carbonyl (C=O) groups is 1. The van der Waals surface area contributed by atoms with Crippen LogP contribution in [0.4, 0.5) is 0 Å². The first-order valence-electron chi connectivity index (χ1n) is 12.2. The van der Waals surface area contributed by atoms with E-state index >= 15 is 0 Å². The smallest absolute Gasteiger partial charge is 0.274 e. The van der Waals surface area contributed by atoms with Crippen LogP contribution in [-0.4, -0.2) is 48.8 Å². The number of aryl methyl sites for hydroxylation is 2. The highest BCUT2D eigenvalue weighted by Crippen LogP contribution is 2.39. The third kappa shape index (κ3) is 5.08. The average Bonchev–Trinajstić information content (AvgIpc) is 3.25. The van der Waals surface area contributed by atoms with Crippen molar-refractivity contribution in [2.45, 2.75) is 47.1 Å². The number of nitrogens with zero attached hydrogens (tertiary/aromatic N) is 2. The molecule has 1 aromatic heterocycles. The molecule has 4 rings (SSSR count). The van der Waals surface area contributed by atoms with E-state index < -0.39 is 0 Å². The molecule has 0 spiro atoms. The number of nitrogens with one attached hydrogen (secondary N) is 1. The van der Waals surface area contributed by atoms with E-state index in [1.54, 1.807) is 0 Å². The van der Waals surface area contributed by atoms with Crippen LogP contribution in [0.15, 0.2) is 40.9 Å². The Hall–Kier alpha value is -2.96. The van der Waals surface area contributed by atoms with Gasteiger partial charge in [0.15, 0.2) is 11.5 Å². The molecule has 0 saturated carbocycles. The highest BCUT2D eigenvalue weighted by atomic mass is 16.5. The predicted molar refractivity (Wildman–Crippen MR) is 135 cm³/mol. The summed E-state index contributed by atoms with van der Waals surface area (Å²) in [6.07, 6.45) is 0. The molecule has 1 saturated heterocycles. The summed E-state index contributed by atoms with van der Waals surface area (Å²) in [4.78, 5) is 15.3. The van der Waals surface area contributed by atoms with Gasteiger partial charge in [-0.05, 0) is 60.6 Å². The van der Waals surface area contributed by atoms with Crippen molar-refractivity contribution in [3.05, 3.63) is 64.3 Å². The Morgan fingerprint density at radius 3 is 2.44 bits per heavy atom. The third-order valence-electron chi connectivity index (χ3n) is 6.48. The lowest BCUT2D eigenvalue weighted by molar-refractivity contribution is 0.0342. The van der Waals surface area contributed by atoms with Crippen LogP contribution in [-0.2, 0) is 11.3 Å². The molecule has 1 amide bonds. The molecule has 0 bridgehead atoms. The molecular weight excluding hydrogens is 426 g/mol. The van der Waals surface area contributed by atoms with Crippen molar-refractivity contribution >= 4 is 5.91 Å². The molecule has 34 heavy (non-hydrogen) atoms. The predicted octanol–water partition coefficient (Wildman–Crippen LogP) is 5.33. The summed E-state index contributed by atoms with van der Waals surface area (Å²) in [5, 5.41) is 7.11. The summed E-state index contributed by atoms with van der Waals surface area (Å²) in [5.41, 5.74) is 7.83. The number of benzene rings is 2. The van der Waals surface area contributed by atoms with E-state index in [1.165, 1.54) is 16.7 Å². The minimum atomic E-state index is -0.223. The van der Waals surface area contributed by atoms with E-state index in [2.05, 4.69) is 79.5 Å². The molecule has 1 N–H and O–H groups in total. The van der Waals surface area contributed by atoms with Crippen LogP contribution in [0, 0.1) is 13.8 Å². The van der Waals surface area contributed by atoms with E-state index in [-0.39, 0.29) is 5.91 Å². The molecular formula is C28H35N3O3. The number of carbonyl (C=O) groups excluding carboxylic acids is 1. The highest BCUT2D eigenvalue weighted by molar-refractivity contribution is 6.02. The zero-order valence-electron chi connectivity index (χ0n) is 20.9. The molecule has 2 aromatic carbocycles. The minimum Gasteiger partial charge on any atom is -0.379 e. The van der Waals surface area contributed by atoms with E-state index in [1.807, 2.05) is 6.92 Å². The van der Waals surface area contributed by atoms with Crippen molar-refractivity contribution in [3.8, 4) is 22.5 Å². The van der Waals surface area contributed by atoms with Crippen molar-refractivity contribution in [1.82, 2.24) is 15.4 Å². The SMILES string of the molecule is CCNC(=O)c1noc(-c2cc(C(C)C)c(C)cc2C)c1-c1ccc(CN2CCOCC2)cc1. The van der Waals surface area contributed by atoms with Crippen molar-refractivity contribution in [3.63, 3.8) is 0 Å². The van der Waals surface area contributed by atoms with Gasteiger partial charge in [0.2, 0.25) is 0 Å². The van der Waals surface area contributed by atoms with Crippen molar-refractivity contribution in [1.29, 1.82) is 0 Å². The standard InChI is InChI=1S/C28H35N3O3/c1-6-29-28(32)26-25(22-9-7-21(8-10-22)17-31-11-13-33-14-12-31)27(34-30-26)24-16-23(18(2)3)19(4)15-20(24)5/h7-10,15-16,18H,6,11-14,17H2,1-5H3,(H,29,32). The van der Waals surface area contributed by atoms with Gasteiger partial charge in [0, 0.05) is 31.7 Å². The monoisotopic (exact) mass is 461 g/mol. The summed E-state index contributed by atoms with van der Waals surface area (Å²) >= 11 is 0. The Balaban J connectivity index is 1.76. The Bertz CT molecular complexity index is 1140. The van der Waals surface area contributed by atoms with Gasteiger partial charge in [0.25, 0.3) is 5.91 Å². The van der Waals surface area contributed by atoms with Gasteiger partial charge in [-0.1, -0.05) is 49.3 Å². The number of ether oxygens (including phenoxy) is 1. The van der Waals surface area contributed by atoms with Crippen molar-refractivity contribution in [2.75, 3.05) is 32.8 Å². The minimum absolute atomic E-state index is 0.223. The van der Waals surface area contributed by atoms with Gasteiger partial charge in [0.05, 0.1) is 18.8 Å². The molecule has 3 aromatic rings. The fraction of sp³-hybridized carbons (Fsp3) is 0.429. The summed E-state index contributed by atoms with van der Waals surface area (Å²) < 4.78 is 11.3. The number of aromatic nitrogens is 1. The van der Waals surface area contributed by atoms with Gasteiger partial charge in [-0.3, -0.25) is 9.69 Å².